The van der Waals surface area contributed by atoms with Crippen LogP contribution in [0.25, 0.3) is 0 Å². The summed E-state index contributed by atoms with van der Waals surface area (Å²) in [6.45, 7) is 9.09. The van der Waals surface area contributed by atoms with E-state index in [0.29, 0.717) is 41.3 Å². The van der Waals surface area contributed by atoms with Crippen molar-refractivity contribution in [3.05, 3.63) is 51.2 Å². The summed E-state index contributed by atoms with van der Waals surface area (Å²) in [5.74, 6) is 1.16. The van der Waals surface area contributed by atoms with Gasteiger partial charge in [-0.1, -0.05) is 30.0 Å². The quantitative estimate of drug-likeness (QED) is 0.280. The van der Waals surface area contributed by atoms with Crippen LogP contribution in [0.5, 0.6) is 5.75 Å². The summed E-state index contributed by atoms with van der Waals surface area (Å²) in [7, 11) is 0. The topological polar surface area (TPSA) is 95.3 Å². The highest BCUT2D eigenvalue weighted by Gasteiger charge is 2.27. The predicted octanol–water partition coefficient (Wildman–Crippen LogP) is 5.34. The number of nitrogens with zero attached hydrogens (tertiary/aromatic N) is 3. The van der Waals surface area contributed by atoms with Gasteiger partial charge in [0.25, 0.3) is 0 Å². The zero-order valence-electron chi connectivity index (χ0n) is 21.2. The maximum absolute atomic E-state index is 12.9. The molecule has 1 aromatic carbocycles. The van der Waals surface area contributed by atoms with Crippen LogP contribution in [-0.4, -0.2) is 39.0 Å². The highest BCUT2D eigenvalue weighted by Crippen LogP contribution is 2.38. The Kier molecular flexibility index (Phi) is 8.68. The number of nitrogens with one attached hydrogen (secondary N) is 1. The number of hydrogen-bond acceptors (Lipinski definition) is 8. The van der Waals surface area contributed by atoms with Gasteiger partial charge in [0.1, 0.15) is 17.4 Å². The van der Waals surface area contributed by atoms with Gasteiger partial charge in [-0.3, -0.25) is 4.79 Å². The van der Waals surface area contributed by atoms with E-state index < -0.39 is 0 Å². The minimum atomic E-state index is -0.362. The molecule has 1 aliphatic rings. The van der Waals surface area contributed by atoms with E-state index in [0.717, 1.165) is 48.1 Å². The van der Waals surface area contributed by atoms with Crippen molar-refractivity contribution in [2.45, 2.75) is 71.7 Å². The van der Waals surface area contributed by atoms with Crippen LogP contribution in [0.4, 0.5) is 5.00 Å². The van der Waals surface area contributed by atoms with Crippen molar-refractivity contribution in [2.24, 2.45) is 0 Å². The minimum Gasteiger partial charge on any atom is -0.485 e. The lowest BCUT2D eigenvalue weighted by Crippen LogP contribution is -2.17. The maximum atomic E-state index is 12.9. The first kappa shape index (κ1) is 26.2. The van der Waals surface area contributed by atoms with E-state index in [-0.39, 0.29) is 17.6 Å². The molecule has 1 aliphatic carbocycles. The average Bonchev–Trinajstić information content (AvgIpc) is 3.42. The van der Waals surface area contributed by atoms with E-state index in [1.165, 1.54) is 28.0 Å². The lowest BCUT2D eigenvalue weighted by atomic mass is 9.95. The summed E-state index contributed by atoms with van der Waals surface area (Å²) in [4.78, 5) is 26.7. The van der Waals surface area contributed by atoms with E-state index in [1.807, 2.05) is 43.5 Å². The van der Waals surface area contributed by atoms with Gasteiger partial charge in [0.2, 0.25) is 5.91 Å². The molecule has 0 aliphatic heterocycles. The molecule has 8 nitrogen and oxygen atoms in total. The lowest BCUT2D eigenvalue weighted by Gasteiger charge is -2.13. The number of carbonyl (C=O) groups is 2. The molecule has 1 amide bonds. The normalized spacial score (nSPS) is 12.8. The molecular weight excluding hydrogens is 496 g/mol. The molecule has 0 saturated heterocycles. The highest BCUT2D eigenvalue weighted by molar-refractivity contribution is 7.99. The SMILES string of the molecule is CCOC(=O)c1c(NC(=O)CSc2nnc(COc3c(C)cccc3C)n2CC)sc2c1CCCC2. The number of fused-ring (bicyclic) bond motifs is 1. The Morgan fingerprint density at radius 1 is 1.14 bits per heavy atom. The van der Waals surface area contributed by atoms with Crippen molar-refractivity contribution in [1.82, 2.24) is 14.8 Å². The molecule has 0 unspecified atom stereocenters. The summed E-state index contributed by atoms with van der Waals surface area (Å²) in [6.07, 6.45) is 3.92. The van der Waals surface area contributed by atoms with E-state index in [9.17, 15) is 9.59 Å². The summed E-state index contributed by atoms with van der Waals surface area (Å²) in [6, 6.07) is 6.04. The van der Waals surface area contributed by atoms with E-state index in [2.05, 4.69) is 15.5 Å². The van der Waals surface area contributed by atoms with Crippen LogP contribution < -0.4 is 10.1 Å². The zero-order chi connectivity index (χ0) is 25.7. The van der Waals surface area contributed by atoms with Crippen molar-refractivity contribution < 1.29 is 19.1 Å². The third kappa shape index (κ3) is 5.75. The van der Waals surface area contributed by atoms with Crippen molar-refractivity contribution >= 4 is 40.0 Å². The van der Waals surface area contributed by atoms with Gasteiger partial charge >= 0.3 is 5.97 Å². The summed E-state index contributed by atoms with van der Waals surface area (Å²) >= 11 is 2.81. The van der Waals surface area contributed by atoms with E-state index in [4.69, 9.17) is 9.47 Å². The van der Waals surface area contributed by atoms with Crippen molar-refractivity contribution in [3.63, 3.8) is 0 Å². The minimum absolute atomic E-state index is 0.153. The van der Waals surface area contributed by atoms with Gasteiger partial charge in [0.15, 0.2) is 11.0 Å². The molecule has 0 spiro atoms. The van der Waals surface area contributed by atoms with Gasteiger partial charge < -0.3 is 19.4 Å². The first-order valence-corrected chi connectivity index (χ1v) is 14.1. The molecule has 0 bridgehead atoms. The summed E-state index contributed by atoms with van der Waals surface area (Å²) < 4.78 is 13.3. The third-order valence-corrected chi connectivity index (χ3v) is 8.27. The Labute approximate surface area is 219 Å². The van der Waals surface area contributed by atoms with Crippen molar-refractivity contribution in [3.8, 4) is 5.75 Å². The van der Waals surface area contributed by atoms with Gasteiger partial charge in [-0.2, -0.15) is 0 Å². The molecule has 0 atom stereocenters. The van der Waals surface area contributed by atoms with Crippen molar-refractivity contribution in [1.29, 1.82) is 0 Å². The number of aryl methyl sites for hydroxylation is 3. The van der Waals surface area contributed by atoms with Gasteiger partial charge in [-0.15, -0.1) is 21.5 Å². The third-order valence-electron chi connectivity index (χ3n) is 6.10. The van der Waals surface area contributed by atoms with Gasteiger partial charge in [-0.25, -0.2) is 4.79 Å². The first-order valence-electron chi connectivity index (χ1n) is 12.3. The number of thioether (sulfide) groups is 1. The monoisotopic (exact) mass is 528 g/mol. The maximum Gasteiger partial charge on any atom is 0.341 e. The Balaban J connectivity index is 1.42. The Bertz CT molecular complexity index is 1230. The van der Waals surface area contributed by atoms with Crippen LogP contribution in [0.1, 0.15) is 64.4 Å². The molecule has 10 heteroatoms. The second-order valence-electron chi connectivity index (χ2n) is 8.63. The van der Waals surface area contributed by atoms with Crippen LogP contribution >= 0.6 is 23.1 Å². The fourth-order valence-electron chi connectivity index (χ4n) is 4.38. The van der Waals surface area contributed by atoms with Crippen LogP contribution in [0, 0.1) is 13.8 Å². The summed E-state index contributed by atoms with van der Waals surface area (Å²) in [5.41, 5.74) is 3.70. The van der Waals surface area contributed by atoms with Gasteiger partial charge in [0, 0.05) is 11.4 Å². The molecule has 192 valence electrons. The standard InChI is InChI=1S/C26H32N4O4S2/c1-5-30-20(14-34-23-16(3)10-9-11-17(23)4)28-29-26(30)35-15-21(31)27-24-22(25(32)33-6-2)18-12-7-8-13-19(18)36-24/h9-11H,5-8,12-15H2,1-4H3,(H,27,31). The van der Waals surface area contributed by atoms with Crippen LogP contribution in [0.3, 0.4) is 0 Å². The van der Waals surface area contributed by atoms with Crippen LogP contribution in [0.15, 0.2) is 23.4 Å². The van der Waals surface area contributed by atoms with E-state index in [1.54, 1.807) is 6.92 Å². The van der Waals surface area contributed by atoms with Gasteiger partial charge in [0.05, 0.1) is 17.9 Å². The molecule has 2 heterocycles. The van der Waals surface area contributed by atoms with Crippen LogP contribution in [-0.2, 0) is 35.5 Å². The number of para-hydroxylation sites is 1. The number of ether oxygens (including phenoxy) is 2. The molecule has 36 heavy (non-hydrogen) atoms. The number of amides is 1. The summed E-state index contributed by atoms with van der Waals surface area (Å²) in [5, 5.41) is 12.8. The Morgan fingerprint density at radius 3 is 2.61 bits per heavy atom. The number of thiophene rings is 1. The van der Waals surface area contributed by atoms with Gasteiger partial charge in [-0.05, 0) is 70.1 Å². The first-order chi connectivity index (χ1) is 17.4. The predicted molar refractivity (Wildman–Crippen MR) is 142 cm³/mol. The number of aromatic nitrogens is 3. The largest absolute Gasteiger partial charge is 0.485 e. The number of esters is 1. The Morgan fingerprint density at radius 2 is 1.89 bits per heavy atom. The van der Waals surface area contributed by atoms with E-state index >= 15 is 0 Å². The number of hydrogen-bond donors (Lipinski definition) is 1. The number of anilines is 1. The smallest absolute Gasteiger partial charge is 0.341 e. The second-order valence-corrected chi connectivity index (χ2v) is 10.7. The molecule has 1 N–H and O–H groups in total. The fraction of sp³-hybridized carbons (Fsp3) is 0.462. The highest BCUT2D eigenvalue weighted by atomic mass is 32.2. The van der Waals surface area contributed by atoms with Crippen molar-refractivity contribution in [2.75, 3.05) is 17.7 Å². The molecule has 2 aromatic heterocycles. The number of benzene rings is 1. The fourth-order valence-corrected chi connectivity index (χ4v) is 6.49. The molecule has 0 saturated carbocycles. The molecular formula is C26H32N4O4S2. The Hall–Kier alpha value is -2.85. The molecule has 0 radical (unpaired) electrons. The van der Waals surface area contributed by atoms with Crippen LogP contribution in [0.2, 0.25) is 0 Å². The zero-order valence-corrected chi connectivity index (χ0v) is 22.8. The second kappa shape index (κ2) is 11.9. The molecule has 0 fully saturated rings. The lowest BCUT2D eigenvalue weighted by molar-refractivity contribution is -0.113. The number of rotatable bonds is 10. The molecule has 3 aromatic rings. The molecule has 4 rings (SSSR count). The average molecular weight is 529 g/mol. The number of carbonyl (C=O) groups excluding carboxylic acids is 2.